The smallest absolute Gasteiger partial charge is 0.306 e. The highest BCUT2D eigenvalue weighted by Gasteiger charge is 2.07. The van der Waals surface area contributed by atoms with E-state index in [-0.39, 0.29) is 0 Å². The van der Waals surface area contributed by atoms with Crippen LogP contribution in [-0.4, -0.2) is 14.7 Å². The standard InChI is InChI=1S/C15H16O3S/c1-3-12-7-4-5-10-15(12)13-8-6-9-14(11-13)18-19(2,16)17/h4-11H,3H2,1-2H3. The van der Waals surface area contributed by atoms with Crippen molar-refractivity contribution in [2.45, 2.75) is 13.3 Å². The van der Waals surface area contributed by atoms with Gasteiger partial charge in [0.2, 0.25) is 0 Å². The van der Waals surface area contributed by atoms with Crippen molar-refractivity contribution < 1.29 is 12.6 Å². The van der Waals surface area contributed by atoms with Crippen molar-refractivity contribution in [3.05, 3.63) is 54.1 Å². The quantitative estimate of drug-likeness (QED) is 0.805. The summed E-state index contributed by atoms with van der Waals surface area (Å²) in [6.07, 6.45) is 1.97. The molecule has 0 aliphatic rings. The van der Waals surface area contributed by atoms with Crippen LogP contribution in [0.5, 0.6) is 5.75 Å². The number of benzene rings is 2. The molecule has 0 radical (unpaired) electrons. The van der Waals surface area contributed by atoms with E-state index in [1.54, 1.807) is 18.2 Å². The zero-order valence-corrected chi connectivity index (χ0v) is 11.8. The molecule has 0 aromatic heterocycles. The fourth-order valence-corrected chi connectivity index (χ4v) is 2.45. The SMILES string of the molecule is CCc1ccccc1-c1cccc(OS(C)(=O)=O)c1. The first kappa shape index (κ1) is 13.6. The van der Waals surface area contributed by atoms with E-state index in [0.717, 1.165) is 23.8 Å². The first-order chi connectivity index (χ1) is 8.99. The van der Waals surface area contributed by atoms with Gasteiger partial charge in [-0.05, 0) is 35.2 Å². The van der Waals surface area contributed by atoms with Crippen LogP contribution in [0.1, 0.15) is 12.5 Å². The van der Waals surface area contributed by atoms with Crippen LogP contribution >= 0.6 is 0 Å². The normalized spacial score (nSPS) is 11.3. The van der Waals surface area contributed by atoms with Gasteiger partial charge >= 0.3 is 10.1 Å². The van der Waals surface area contributed by atoms with Crippen molar-refractivity contribution in [1.29, 1.82) is 0 Å². The second-order valence-corrected chi connectivity index (χ2v) is 5.90. The van der Waals surface area contributed by atoms with Crippen LogP contribution in [0.4, 0.5) is 0 Å². The van der Waals surface area contributed by atoms with Gasteiger partial charge in [0.05, 0.1) is 6.26 Å². The Morgan fingerprint density at radius 2 is 1.79 bits per heavy atom. The van der Waals surface area contributed by atoms with Gasteiger partial charge in [0.1, 0.15) is 5.75 Å². The third-order valence-electron chi connectivity index (χ3n) is 2.79. The maximum absolute atomic E-state index is 11.1. The average Bonchev–Trinajstić information content (AvgIpc) is 2.37. The molecule has 0 aliphatic heterocycles. The number of hydrogen-bond donors (Lipinski definition) is 0. The van der Waals surface area contributed by atoms with Gasteiger partial charge in [0, 0.05) is 0 Å². The molecule has 2 aromatic carbocycles. The van der Waals surface area contributed by atoms with Gasteiger partial charge in [0.25, 0.3) is 0 Å². The predicted molar refractivity (Wildman–Crippen MR) is 76.7 cm³/mol. The van der Waals surface area contributed by atoms with Crippen molar-refractivity contribution in [2.75, 3.05) is 6.26 Å². The van der Waals surface area contributed by atoms with Gasteiger partial charge in [-0.1, -0.05) is 43.3 Å². The van der Waals surface area contributed by atoms with E-state index in [1.807, 2.05) is 24.3 Å². The largest absolute Gasteiger partial charge is 0.383 e. The maximum atomic E-state index is 11.1. The van der Waals surface area contributed by atoms with Gasteiger partial charge in [-0.3, -0.25) is 0 Å². The Kier molecular flexibility index (Phi) is 3.90. The zero-order chi connectivity index (χ0) is 13.9. The lowest BCUT2D eigenvalue weighted by Crippen LogP contribution is -2.05. The van der Waals surface area contributed by atoms with Crippen LogP contribution in [0.3, 0.4) is 0 Å². The van der Waals surface area contributed by atoms with Crippen LogP contribution in [0, 0.1) is 0 Å². The molecule has 0 N–H and O–H groups in total. The lowest BCUT2D eigenvalue weighted by atomic mass is 9.98. The minimum atomic E-state index is -3.49. The van der Waals surface area contributed by atoms with Gasteiger partial charge in [-0.15, -0.1) is 0 Å². The Morgan fingerprint density at radius 1 is 1.05 bits per heavy atom. The van der Waals surface area contributed by atoms with Crippen molar-refractivity contribution >= 4 is 10.1 Å². The molecule has 0 atom stereocenters. The van der Waals surface area contributed by atoms with Gasteiger partial charge < -0.3 is 4.18 Å². The summed E-state index contributed by atoms with van der Waals surface area (Å²) in [7, 11) is -3.49. The molecule has 100 valence electrons. The van der Waals surface area contributed by atoms with Crippen LogP contribution in [0.2, 0.25) is 0 Å². The maximum Gasteiger partial charge on any atom is 0.306 e. The summed E-state index contributed by atoms with van der Waals surface area (Å²) in [4.78, 5) is 0. The molecule has 4 heteroatoms. The van der Waals surface area contributed by atoms with E-state index in [4.69, 9.17) is 4.18 Å². The van der Waals surface area contributed by atoms with Gasteiger partial charge in [-0.25, -0.2) is 0 Å². The molecule has 0 amide bonds. The lowest BCUT2D eigenvalue weighted by molar-refractivity contribution is 0.493. The van der Waals surface area contributed by atoms with E-state index in [0.29, 0.717) is 5.75 Å². The summed E-state index contributed by atoms with van der Waals surface area (Å²) in [6, 6.07) is 15.2. The first-order valence-electron chi connectivity index (χ1n) is 6.07. The van der Waals surface area contributed by atoms with E-state index < -0.39 is 10.1 Å². The Labute approximate surface area is 114 Å². The summed E-state index contributed by atoms with van der Waals surface area (Å²) in [5.41, 5.74) is 3.28. The molecule has 0 unspecified atom stereocenters. The Morgan fingerprint density at radius 3 is 2.47 bits per heavy atom. The summed E-state index contributed by atoms with van der Waals surface area (Å²) in [5.74, 6) is 0.339. The van der Waals surface area contributed by atoms with Gasteiger partial charge in [0.15, 0.2) is 0 Å². The molecule has 0 aliphatic carbocycles. The molecule has 0 saturated carbocycles. The summed E-state index contributed by atoms with van der Waals surface area (Å²) in [5, 5.41) is 0. The fraction of sp³-hybridized carbons (Fsp3) is 0.200. The molecular weight excluding hydrogens is 260 g/mol. The zero-order valence-electron chi connectivity index (χ0n) is 11.0. The molecule has 0 fully saturated rings. The van der Waals surface area contributed by atoms with Crippen molar-refractivity contribution in [1.82, 2.24) is 0 Å². The molecule has 3 nitrogen and oxygen atoms in total. The predicted octanol–water partition coefficient (Wildman–Crippen LogP) is 3.25. The summed E-state index contributed by atoms with van der Waals surface area (Å²) in [6.45, 7) is 2.09. The third kappa shape index (κ3) is 3.58. The first-order valence-corrected chi connectivity index (χ1v) is 7.89. The minimum Gasteiger partial charge on any atom is -0.383 e. The second kappa shape index (κ2) is 5.45. The van der Waals surface area contributed by atoms with Crippen LogP contribution in [-0.2, 0) is 16.5 Å². The molecule has 2 aromatic rings. The molecular formula is C15H16O3S. The Balaban J connectivity index is 2.43. The molecule has 0 saturated heterocycles. The average molecular weight is 276 g/mol. The third-order valence-corrected chi connectivity index (χ3v) is 3.29. The number of aryl methyl sites for hydroxylation is 1. The Bertz CT molecular complexity index is 675. The highest BCUT2D eigenvalue weighted by Crippen LogP contribution is 2.27. The lowest BCUT2D eigenvalue weighted by Gasteiger charge is -2.09. The van der Waals surface area contributed by atoms with Gasteiger partial charge in [-0.2, -0.15) is 8.42 Å². The molecule has 0 bridgehead atoms. The van der Waals surface area contributed by atoms with Crippen molar-refractivity contribution in [2.24, 2.45) is 0 Å². The molecule has 0 heterocycles. The minimum absolute atomic E-state index is 0.339. The van der Waals surface area contributed by atoms with E-state index in [9.17, 15) is 8.42 Å². The number of hydrogen-bond acceptors (Lipinski definition) is 3. The van der Waals surface area contributed by atoms with Crippen LogP contribution in [0.25, 0.3) is 11.1 Å². The second-order valence-electron chi connectivity index (χ2n) is 4.33. The van der Waals surface area contributed by atoms with E-state index in [2.05, 4.69) is 13.0 Å². The summed E-state index contributed by atoms with van der Waals surface area (Å²) >= 11 is 0. The van der Waals surface area contributed by atoms with E-state index >= 15 is 0 Å². The van der Waals surface area contributed by atoms with Crippen molar-refractivity contribution in [3.8, 4) is 16.9 Å². The molecule has 0 spiro atoms. The monoisotopic (exact) mass is 276 g/mol. The topological polar surface area (TPSA) is 43.4 Å². The fourth-order valence-electron chi connectivity index (χ4n) is 2.00. The number of rotatable bonds is 4. The molecule has 19 heavy (non-hydrogen) atoms. The highest BCUT2D eigenvalue weighted by atomic mass is 32.2. The Hall–Kier alpha value is -1.81. The highest BCUT2D eigenvalue weighted by molar-refractivity contribution is 7.86. The van der Waals surface area contributed by atoms with Crippen molar-refractivity contribution in [3.63, 3.8) is 0 Å². The van der Waals surface area contributed by atoms with Crippen LogP contribution in [0.15, 0.2) is 48.5 Å². The molecule has 2 rings (SSSR count). The van der Waals surface area contributed by atoms with E-state index in [1.165, 1.54) is 5.56 Å². The summed E-state index contributed by atoms with van der Waals surface area (Å²) < 4.78 is 27.2. The van der Waals surface area contributed by atoms with Crippen LogP contribution < -0.4 is 4.18 Å².